The number of aryl methyl sites for hydroxylation is 3. The molecule has 0 spiro atoms. The molecule has 2 heterocycles. The number of hydrogen-bond acceptors (Lipinski definition) is 3. The van der Waals surface area contributed by atoms with Gasteiger partial charge in [-0.1, -0.05) is 89.5 Å². The van der Waals surface area contributed by atoms with Crippen LogP contribution in [0.25, 0.3) is 0 Å². The number of rotatable bonds is 3. The second-order valence-electron chi connectivity index (χ2n) is 7.84. The van der Waals surface area contributed by atoms with Crippen molar-refractivity contribution in [3.8, 4) is 0 Å². The van der Waals surface area contributed by atoms with Crippen LogP contribution in [-0.2, 0) is 0 Å². The molecule has 27 heavy (non-hydrogen) atoms. The van der Waals surface area contributed by atoms with E-state index in [0.717, 1.165) is 0 Å². The van der Waals surface area contributed by atoms with E-state index in [0.29, 0.717) is 6.17 Å². The summed E-state index contributed by atoms with van der Waals surface area (Å²) in [6, 6.07) is 26.7. The van der Waals surface area contributed by atoms with Gasteiger partial charge in [-0.05, 0) is 37.5 Å². The maximum Gasteiger partial charge on any atom is 0.119 e. The second kappa shape index (κ2) is 6.31. The topological polar surface area (TPSA) is 18.0 Å². The Morgan fingerprint density at radius 2 is 0.852 bits per heavy atom. The fourth-order valence-corrected chi connectivity index (χ4v) is 4.09. The lowest BCUT2D eigenvalue weighted by atomic mass is 10.1. The van der Waals surface area contributed by atoms with E-state index in [4.69, 9.17) is 0 Å². The Morgan fingerprint density at radius 3 is 1.22 bits per heavy atom. The summed E-state index contributed by atoms with van der Waals surface area (Å²) in [5.41, 5.74) is 7.88. The molecule has 0 bridgehead atoms. The van der Waals surface area contributed by atoms with Gasteiger partial charge in [0.25, 0.3) is 0 Å². The molecular formula is C24H25N3. The van der Waals surface area contributed by atoms with E-state index in [2.05, 4.69) is 109 Å². The normalized spacial score (nSPS) is 28.8. The number of hydrogen-bond donors (Lipinski definition) is 1. The highest BCUT2D eigenvalue weighted by Gasteiger charge is 2.60. The lowest BCUT2D eigenvalue weighted by Gasteiger charge is -2.21. The number of benzene rings is 3. The number of fused-ring (bicyclic) bond motifs is 1. The summed E-state index contributed by atoms with van der Waals surface area (Å²) in [6.45, 7) is 6.42. The van der Waals surface area contributed by atoms with Gasteiger partial charge in [0, 0.05) is 0 Å². The Hall–Kier alpha value is -2.46. The molecule has 0 aromatic heterocycles. The van der Waals surface area contributed by atoms with Crippen LogP contribution < -0.4 is 5.32 Å². The Balaban J connectivity index is 1.51. The van der Waals surface area contributed by atoms with Crippen LogP contribution in [0.5, 0.6) is 0 Å². The van der Waals surface area contributed by atoms with Gasteiger partial charge in [0.05, 0.1) is 0 Å². The van der Waals surface area contributed by atoms with E-state index in [9.17, 15) is 0 Å². The first-order valence-corrected chi connectivity index (χ1v) is 9.64. The first kappa shape index (κ1) is 16.7. The van der Waals surface area contributed by atoms with Crippen LogP contribution >= 0.6 is 0 Å². The predicted molar refractivity (Wildman–Crippen MR) is 109 cm³/mol. The third kappa shape index (κ3) is 2.88. The van der Waals surface area contributed by atoms with Crippen LogP contribution in [0.3, 0.4) is 0 Å². The lowest BCUT2D eigenvalue weighted by molar-refractivity contribution is 0.314. The van der Waals surface area contributed by atoms with E-state index in [-0.39, 0.29) is 12.3 Å². The fourth-order valence-electron chi connectivity index (χ4n) is 4.09. The first-order chi connectivity index (χ1) is 13.1. The zero-order valence-corrected chi connectivity index (χ0v) is 16.1. The largest absolute Gasteiger partial charge is 0.276 e. The van der Waals surface area contributed by atoms with Crippen molar-refractivity contribution in [2.24, 2.45) is 0 Å². The molecule has 3 aromatic rings. The number of nitrogens with zero attached hydrogens (tertiary/aromatic N) is 2. The molecule has 136 valence electrons. The second-order valence-corrected chi connectivity index (χ2v) is 7.84. The van der Waals surface area contributed by atoms with Crippen molar-refractivity contribution in [2.75, 3.05) is 0 Å². The summed E-state index contributed by atoms with van der Waals surface area (Å²) in [5, 5.41) is 8.77. The minimum absolute atomic E-state index is 0.197. The molecule has 3 heteroatoms. The van der Waals surface area contributed by atoms with Gasteiger partial charge in [0.1, 0.15) is 18.5 Å². The van der Waals surface area contributed by atoms with Crippen LogP contribution in [0, 0.1) is 20.8 Å². The Bertz CT molecular complexity index is 887. The molecule has 3 aromatic carbocycles. The van der Waals surface area contributed by atoms with E-state index in [1.165, 1.54) is 33.4 Å². The van der Waals surface area contributed by atoms with E-state index >= 15 is 0 Å². The molecule has 2 unspecified atom stereocenters. The van der Waals surface area contributed by atoms with Crippen LogP contribution in [-0.4, -0.2) is 10.0 Å². The van der Waals surface area contributed by atoms with Crippen LogP contribution in [0.2, 0.25) is 0 Å². The molecule has 4 atom stereocenters. The minimum Gasteiger partial charge on any atom is -0.276 e. The van der Waals surface area contributed by atoms with Crippen molar-refractivity contribution in [3.63, 3.8) is 0 Å². The first-order valence-electron chi connectivity index (χ1n) is 9.64. The van der Waals surface area contributed by atoms with Gasteiger partial charge < -0.3 is 0 Å². The van der Waals surface area contributed by atoms with Gasteiger partial charge in [-0.25, -0.2) is 0 Å². The molecule has 5 rings (SSSR count). The highest BCUT2D eigenvalue weighted by atomic mass is 15.9. The third-order valence-corrected chi connectivity index (χ3v) is 5.72. The minimum atomic E-state index is 0.197. The van der Waals surface area contributed by atoms with Crippen molar-refractivity contribution in [1.29, 1.82) is 0 Å². The average Bonchev–Trinajstić information content (AvgIpc) is 3.28. The van der Waals surface area contributed by atoms with Crippen molar-refractivity contribution >= 4 is 0 Å². The molecular weight excluding hydrogens is 330 g/mol. The maximum atomic E-state index is 3.82. The third-order valence-electron chi connectivity index (χ3n) is 5.72. The molecule has 3 nitrogen and oxygen atoms in total. The molecule has 0 aliphatic carbocycles. The maximum absolute atomic E-state index is 3.82. The summed E-state index contributed by atoms with van der Waals surface area (Å²) >= 11 is 0. The molecule has 2 aliphatic rings. The van der Waals surface area contributed by atoms with E-state index in [1.807, 2.05) is 0 Å². The van der Waals surface area contributed by atoms with Gasteiger partial charge in [-0.3, -0.25) is 5.32 Å². The summed E-state index contributed by atoms with van der Waals surface area (Å²) in [4.78, 5) is 0. The number of nitrogens with one attached hydrogen (secondary N) is 1. The van der Waals surface area contributed by atoms with Crippen molar-refractivity contribution in [3.05, 3.63) is 106 Å². The molecule has 1 N–H and O–H groups in total. The van der Waals surface area contributed by atoms with Gasteiger partial charge in [-0.15, -0.1) is 0 Å². The monoisotopic (exact) mass is 355 g/mol. The zero-order valence-electron chi connectivity index (χ0n) is 16.1. The Kier molecular flexibility index (Phi) is 3.90. The van der Waals surface area contributed by atoms with Crippen LogP contribution in [0.1, 0.15) is 51.9 Å². The van der Waals surface area contributed by atoms with Crippen LogP contribution in [0.4, 0.5) is 0 Å². The quantitative estimate of drug-likeness (QED) is 0.656. The van der Waals surface area contributed by atoms with Crippen LogP contribution in [0.15, 0.2) is 72.8 Å². The van der Waals surface area contributed by atoms with Gasteiger partial charge in [-0.2, -0.15) is 10.0 Å². The molecule has 0 radical (unpaired) electrons. The zero-order chi connectivity index (χ0) is 18.5. The Morgan fingerprint density at radius 1 is 0.519 bits per heavy atom. The van der Waals surface area contributed by atoms with Gasteiger partial charge >= 0.3 is 0 Å². The van der Waals surface area contributed by atoms with E-state index < -0.39 is 0 Å². The summed E-state index contributed by atoms with van der Waals surface area (Å²) in [5.74, 6) is 0. The van der Waals surface area contributed by atoms with Crippen molar-refractivity contribution in [1.82, 2.24) is 15.3 Å². The SMILES string of the molecule is Cc1ccc(C2N3[C@H](c4ccc(C)cc4)N[C@@H](c4ccc(C)cc4)N23)cc1. The predicted octanol–water partition coefficient (Wildman–Crippen LogP) is 5.14. The Labute approximate surface area is 161 Å². The fraction of sp³-hybridized carbons (Fsp3) is 0.250. The van der Waals surface area contributed by atoms with E-state index in [1.54, 1.807) is 0 Å². The van der Waals surface area contributed by atoms with Gasteiger partial charge in [0.2, 0.25) is 0 Å². The van der Waals surface area contributed by atoms with Gasteiger partial charge in [0.15, 0.2) is 0 Å². The van der Waals surface area contributed by atoms with Crippen molar-refractivity contribution in [2.45, 2.75) is 39.3 Å². The molecule has 0 amide bonds. The smallest absolute Gasteiger partial charge is 0.119 e. The summed E-state index contributed by atoms with van der Waals surface area (Å²) in [7, 11) is 0. The molecule has 2 aliphatic heterocycles. The molecule has 2 fully saturated rings. The summed E-state index contributed by atoms with van der Waals surface area (Å²) in [6.07, 6.45) is 0.718. The average molecular weight is 355 g/mol. The highest BCUT2D eigenvalue weighted by Crippen LogP contribution is 2.56. The lowest BCUT2D eigenvalue weighted by Crippen LogP contribution is -2.27. The highest BCUT2D eigenvalue weighted by molar-refractivity contribution is 5.34. The number of hydrazine groups is 1. The summed E-state index contributed by atoms with van der Waals surface area (Å²) < 4.78 is 0. The standard InChI is InChI=1S/C24H25N3/c1-16-4-10-19(11-5-16)22-25-23(20-12-6-17(2)7-13-20)27-24(26(22)27)21-14-8-18(3)9-15-21/h4-15,22-25H,1-3H3/t22-,23-,24?,26?,27?/m1/s1. The van der Waals surface area contributed by atoms with Crippen molar-refractivity contribution < 1.29 is 0 Å². The molecule has 0 saturated carbocycles. The molecule has 2 saturated heterocycles.